The predicted molar refractivity (Wildman–Crippen MR) is 269 cm³/mol. The van der Waals surface area contributed by atoms with Gasteiger partial charge in [0.15, 0.2) is 12.3 Å². The Morgan fingerprint density at radius 1 is 0.716 bits per heavy atom. The first kappa shape index (κ1) is 60.1. The van der Waals surface area contributed by atoms with Crippen molar-refractivity contribution < 1.29 is 91.1 Å². The van der Waals surface area contributed by atoms with Gasteiger partial charge in [0, 0.05) is 81.1 Å². The second kappa shape index (κ2) is 26.8. The molecule has 3 heterocycles. The Hall–Kier alpha value is -4.77. The molecule has 0 saturated carbocycles. The molecule has 5 rings (SSSR count). The topological polar surface area (TPSA) is 288 Å². The minimum atomic E-state index is -4.66. The van der Waals surface area contributed by atoms with Crippen molar-refractivity contribution in [2.75, 3.05) is 104 Å². The predicted octanol–water partition coefficient (Wildman–Crippen LogP) is 4.51. The normalized spacial score (nSPS) is 19.9. The van der Waals surface area contributed by atoms with Gasteiger partial charge in [-0.2, -0.15) is 29.8 Å². The fraction of sp³-hybridized carbons (Fsp3) is 0.551. The maximum Gasteiger partial charge on any atom is 0.333 e. The molecule has 3 aliphatic heterocycles. The van der Waals surface area contributed by atoms with E-state index in [0.717, 1.165) is 0 Å². The molecule has 0 bridgehead atoms. The smallest absolute Gasteiger partial charge is 0.333 e. The van der Waals surface area contributed by atoms with Crippen molar-refractivity contribution >= 4 is 65.2 Å². The first-order chi connectivity index (χ1) is 34.9. The van der Waals surface area contributed by atoms with E-state index in [1.165, 1.54) is 31.4 Å². The summed E-state index contributed by atoms with van der Waals surface area (Å²) in [5, 5.41) is 0.481. The summed E-state index contributed by atoms with van der Waals surface area (Å²) in [6, 6.07) is 8.43. The van der Waals surface area contributed by atoms with Crippen molar-refractivity contribution in [2.45, 2.75) is 86.3 Å². The van der Waals surface area contributed by atoms with Crippen LogP contribution in [0.2, 0.25) is 0 Å². The third kappa shape index (κ3) is 16.1. The van der Waals surface area contributed by atoms with Crippen LogP contribution in [0.1, 0.15) is 76.8 Å². The largest absolute Gasteiger partial charge is 0.385 e. The van der Waals surface area contributed by atoms with Gasteiger partial charge >= 0.3 is 5.97 Å². The highest BCUT2D eigenvalue weighted by molar-refractivity contribution is 7.86. The van der Waals surface area contributed by atoms with Gasteiger partial charge in [0.25, 0.3) is 42.2 Å². The van der Waals surface area contributed by atoms with Crippen molar-refractivity contribution in [2.24, 2.45) is 0 Å². The van der Waals surface area contributed by atoms with Gasteiger partial charge in [-0.1, -0.05) is 17.7 Å². The quantitative estimate of drug-likeness (QED) is 0.0299. The third-order valence-corrected chi connectivity index (χ3v) is 15.4. The molecule has 0 radical (unpaired) electrons. The Labute approximate surface area is 433 Å². The summed E-state index contributed by atoms with van der Waals surface area (Å²) < 4.78 is 138. The first-order valence-electron chi connectivity index (χ1n) is 24.0. The summed E-state index contributed by atoms with van der Waals surface area (Å²) in [5.41, 5.74) is 2.22. The van der Waals surface area contributed by atoms with Gasteiger partial charge in [-0.05, 0) is 88.4 Å². The number of rotatable bonds is 32. The standard InChI is InChI=1S/C49H67N3O19S3/c1-36(10-16-44-49(3,20-23-65-4)40-35-38(74(62,63)64)11-13-41(40)50(44)21-6-8-47(55)71-52-45(53)17-18-46(52)54)9-15-43-48(2,19-7-33-72(56,57)58)39-34-37(73(59,60)61)12-14-42(39)51(43)22-24-67-27-28-69-31-32-70-30-29-68-26-25-66-5/h9-16,34-35H,6-8,17-33H2,1-5H3,(H2-,56,57,58,59,60,61,62,63,64)/p+1. The number of imide groups is 1. The van der Waals surface area contributed by atoms with Crippen molar-refractivity contribution in [3.8, 4) is 0 Å². The van der Waals surface area contributed by atoms with Gasteiger partial charge in [0.05, 0.1) is 73.8 Å². The van der Waals surface area contributed by atoms with Gasteiger partial charge in [-0.15, -0.1) is 5.06 Å². The Bertz CT molecular complexity index is 2800. The summed E-state index contributed by atoms with van der Waals surface area (Å²) in [5.74, 6) is -2.59. The van der Waals surface area contributed by atoms with E-state index in [0.29, 0.717) is 90.6 Å². The van der Waals surface area contributed by atoms with Crippen molar-refractivity contribution in [3.63, 3.8) is 0 Å². The van der Waals surface area contributed by atoms with Gasteiger partial charge in [0.2, 0.25) is 5.69 Å². The number of amides is 2. The van der Waals surface area contributed by atoms with E-state index in [-0.39, 0.29) is 87.8 Å². The average Bonchev–Trinajstić information content (AvgIpc) is 3.86. The lowest BCUT2D eigenvalue weighted by molar-refractivity contribution is -0.442. The molecule has 1 saturated heterocycles. The highest BCUT2D eigenvalue weighted by Gasteiger charge is 2.48. The van der Waals surface area contributed by atoms with E-state index in [9.17, 15) is 53.3 Å². The monoisotopic (exact) mass is 1100 g/mol. The zero-order valence-corrected chi connectivity index (χ0v) is 44.8. The van der Waals surface area contributed by atoms with Crippen LogP contribution in [-0.2, 0) is 88.8 Å². The average molecular weight is 1100 g/mol. The molecule has 2 atom stereocenters. The Morgan fingerprint density at radius 2 is 1.27 bits per heavy atom. The maximum absolute atomic E-state index is 12.9. The molecule has 0 aliphatic carbocycles. The van der Waals surface area contributed by atoms with Crippen LogP contribution in [-0.4, -0.2) is 171 Å². The number of ether oxygens (including phenoxy) is 6. The number of benzene rings is 2. The number of hydrogen-bond acceptors (Lipinski definition) is 17. The molecule has 0 aromatic heterocycles. The summed E-state index contributed by atoms with van der Waals surface area (Å²) in [7, 11) is -10.5. The number of hydrogen-bond donors (Lipinski definition) is 3. The van der Waals surface area contributed by atoms with Crippen molar-refractivity contribution in [1.82, 2.24) is 5.06 Å². The number of fused-ring (bicyclic) bond motifs is 2. The van der Waals surface area contributed by atoms with Crippen molar-refractivity contribution in [1.29, 1.82) is 0 Å². The number of allylic oxidation sites excluding steroid dienone is 6. The highest BCUT2D eigenvalue weighted by atomic mass is 32.2. The molecule has 410 valence electrons. The Balaban J connectivity index is 1.46. The maximum atomic E-state index is 12.9. The van der Waals surface area contributed by atoms with E-state index in [2.05, 4.69) is 0 Å². The molecular weight excluding hydrogens is 1030 g/mol. The zero-order valence-electron chi connectivity index (χ0n) is 42.4. The number of methoxy groups -OCH3 is 2. The van der Waals surface area contributed by atoms with Gasteiger partial charge in [0.1, 0.15) is 6.61 Å². The lowest BCUT2D eigenvalue weighted by Crippen LogP contribution is -2.33. The van der Waals surface area contributed by atoms with Gasteiger partial charge in [-0.25, -0.2) is 4.79 Å². The molecular formula is C49H68N3O19S3+. The molecule has 0 spiro atoms. The van der Waals surface area contributed by atoms with Gasteiger partial charge in [-0.3, -0.25) is 23.2 Å². The minimum absolute atomic E-state index is 0.0165. The van der Waals surface area contributed by atoms with Crippen LogP contribution >= 0.6 is 0 Å². The fourth-order valence-electron chi connectivity index (χ4n) is 9.03. The first-order valence-corrected chi connectivity index (χ1v) is 28.5. The van der Waals surface area contributed by atoms with E-state index in [1.807, 2.05) is 54.6 Å². The van der Waals surface area contributed by atoms with E-state index < -0.39 is 64.7 Å². The summed E-state index contributed by atoms with van der Waals surface area (Å²) in [4.78, 5) is 43.4. The lowest BCUT2D eigenvalue weighted by atomic mass is 9.75. The number of hydroxylamine groups is 2. The number of carbonyl (C=O) groups is 3. The van der Waals surface area contributed by atoms with Crippen LogP contribution in [0, 0.1) is 0 Å². The van der Waals surface area contributed by atoms with E-state index in [1.54, 1.807) is 19.2 Å². The van der Waals surface area contributed by atoms with Crippen LogP contribution in [0.5, 0.6) is 0 Å². The van der Waals surface area contributed by atoms with Crippen LogP contribution in [0.4, 0.5) is 11.4 Å². The summed E-state index contributed by atoms with van der Waals surface area (Å²) >= 11 is 0. The number of carbonyl (C=O) groups excluding carboxylic acids is 3. The molecule has 22 nitrogen and oxygen atoms in total. The van der Waals surface area contributed by atoms with E-state index in [4.69, 9.17) is 33.3 Å². The van der Waals surface area contributed by atoms with Crippen LogP contribution < -0.4 is 4.90 Å². The van der Waals surface area contributed by atoms with Crippen LogP contribution in [0.25, 0.3) is 0 Å². The molecule has 25 heteroatoms. The Morgan fingerprint density at radius 3 is 1.84 bits per heavy atom. The molecule has 2 aromatic carbocycles. The van der Waals surface area contributed by atoms with E-state index >= 15 is 0 Å². The molecule has 3 aliphatic rings. The lowest BCUT2D eigenvalue weighted by Gasteiger charge is -2.30. The summed E-state index contributed by atoms with van der Waals surface area (Å²) in [6.07, 6.45) is 7.64. The third-order valence-electron chi connectivity index (χ3n) is 12.9. The fourth-order valence-corrected chi connectivity index (χ4v) is 10.6. The number of anilines is 1. The van der Waals surface area contributed by atoms with Gasteiger partial charge < -0.3 is 38.2 Å². The molecule has 1 fully saturated rings. The molecule has 2 unspecified atom stereocenters. The molecule has 74 heavy (non-hydrogen) atoms. The zero-order chi connectivity index (χ0) is 54.3. The molecule has 2 amide bonds. The highest BCUT2D eigenvalue weighted by Crippen LogP contribution is 2.51. The second-order valence-electron chi connectivity index (χ2n) is 18.2. The van der Waals surface area contributed by atoms with Crippen LogP contribution in [0.3, 0.4) is 0 Å². The molecule has 3 N–H and O–H groups in total. The second-order valence-corrected chi connectivity index (χ2v) is 22.6. The summed E-state index contributed by atoms with van der Waals surface area (Å²) in [6.45, 7) is 9.42. The van der Waals surface area contributed by atoms with Crippen molar-refractivity contribution in [3.05, 3.63) is 83.1 Å². The Kier molecular flexibility index (Phi) is 21.8. The number of nitrogens with zero attached hydrogens (tertiary/aromatic N) is 3. The van der Waals surface area contributed by atoms with Crippen LogP contribution in [0.15, 0.2) is 81.8 Å². The minimum Gasteiger partial charge on any atom is -0.385 e. The molecule has 2 aromatic rings. The SMILES string of the molecule is COCCOCCOCCOCCOCC[N+]1=C(C=CC(C)=CC=C2N(CCCC(=O)ON3C(=O)CCC3=O)c3ccc(S(=O)(=O)O)cc3C2(C)CCOC)C(C)(CCCS(=O)(=O)O)c2cc(S(=O)(=O)O)ccc21.